The maximum absolute atomic E-state index is 12.5. The van der Waals surface area contributed by atoms with Gasteiger partial charge in [-0.2, -0.15) is 0 Å². The van der Waals surface area contributed by atoms with Crippen LogP contribution in [0.3, 0.4) is 0 Å². The molecule has 0 saturated carbocycles. The van der Waals surface area contributed by atoms with Gasteiger partial charge < -0.3 is 30.2 Å². The normalized spacial score (nSPS) is 17.9. The van der Waals surface area contributed by atoms with E-state index in [2.05, 4.69) is 15.6 Å². The Morgan fingerprint density at radius 1 is 1.22 bits per heavy atom. The molecule has 2 amide bonds. The van der Waals surface area contributed by atoms with E-state index in [1.165, 1.54) is 0 Å². The third-order valence-corrected chi connectivity index (χ3v) is 4.33. The topological polar surface area (TPSA) is 130 Å². The Labute approximate surface area is 157 Å². The number of aliphatic hydroxyl groups is 1. The molecule has 148 valence electrons. The molecule has 1 aromatic heterocycles. The van der Waals surface area contributed by atoms with Crippen LogP contribution in [-0.2, 0) is 14.3 Å². The van der Waals surface area contributed by atoms with Crippen LogP contribution in [0.15, 0.2) is 11.3 Å². The smallest absolute Gasteiger partial charge is 0.355 e. The molecule has 2 heterocycles. The van der Waals surface area contributed by atoms with Gasteiger partial charge in [-0.3, -0.25) is 0 Å². The van der Waals surface area contributed by atoms with Gasteiger partial charge in [-0.05, 0) is 40.2 Å². The van der Waals surface area contributed by atoms with Gasteiger partial charge in [0, 0.05) is 11.3 Å². The molecule has 27 heavy (non-hydrogen) atoms. The van der Waals surface area contributed by atoms with Gasteiger partial charge in [0.15, 0.2) is 0 Å². The van der Waals surface area contributed by atoms with Crippen LogP contribution < -0.4 is 10.6 Å². The molecule has 0 aromatic carbocycles. The van der Waals surface area contributed by atoms with Crippen LogP contribution in [-0.4, -0.2) is 47.3 Å². The summed E-state index contributed by atoms with van der Waals surface area (Å²) in [7, 11) is 0. The van der Waals surface area contributed by atoms with Gasteiger partial charge in [0.05, 0.1) is 30.0 Å². The van der Waals surface area contributed by atoms with Crippen molar-refractivity contribution in [2.45, 2.75) is 46.8 Å². The lowest BCUT2D eigenvalue weighted by atomic mass is 10.0. The van der Waals surface area contributed by atoms with Gasteiger partial charge in [0.2, 0.25) is 0 Å². The van der Waals surface area contributed by atoms with E-state index in [1.54, 1.807) is 34.6 Å². The zero-order valence-corrected chi connectivity index (χ0v) is 16.1. The van der Waals surface area contributed by atoms with E-state index in [0.29, 0.717) is 16.8 Å². The van der Waals surface area contributed by atoms with E-state index >= 15 is 0 Å². The molecule has 0 aliphatic carbocycles. The molecule has 0 spiro atoms. The first-order valence-electron chi connectivity index (χ1n) is 8.69. The van der Waals surface area contributed by atoms with Crippen molar-refractivity contribution in [3.63, 3.8) is 0 Å². The predicted octanol–water partition coefficient (Wildman–Crippen LogP) is 1.36. The fourth-order valence-electron chi connectivity index (χ4n) is 3.20. The first-order chi connectivity index (χ1) is 12.7. The van der Waals surface area contributed by atoms with Crippen molar-refractivity contribution in [2.75, 3.05) is 13.2 Å². The maximum Gasteiger partial charge on any atom is 0.355 e. The largest absolute Gasteiger partial charge is 0.463 e. The third-order valence-electron chi connectivity index (χ3n) is 4.33. The molecule has 1 aliphatic rings. The molecule has 9 heteroatoms. The summed E-state index contributed by atoms with van der Waals surface area (Å²) in [6.07, 6.45) is -0.731. The molecule has 0 saturated heterocycles. The maximum atomic E-state index is 12.5. The molecule has 2 rings (SSSR count). The number of H-pyrrole nitrogens is 1. The number of rotatable bonds is 6. The molecule has 0 radical (unpaired) electrons. The van der Waals surface area contributed by atoms with E-state index in [0.717, 1.165) is 0 Å². The monoisotopic (exact) mass is 379 g/mol. The van der Waals surface area contributed by atoms with Crippen LogP contribution in [0.5, 0.6) is 0 Å². The second-order valence-electron chi connectivity index (χ2n) is 6.35. The van der Waals surface area contributed by atoms with Gasteiger partial charge in [0.1, 0.15) is 12.3 Å². The van der Waals surface area contributed by atoms with Crippen LogP contribution in [0.1, 0.15) is 54.2 Å². The molecule has 0 fully saturated rings. The number of urea groups is 1. The Hall–Kier alpha value is -2.81. The molecule has 1 aliphatic heterocycles. The highest BCUT2D eigenvalue weighted by Crippen LogP contribution is 2.25. The minimum absolute atomic E-state index is 0.176. The lowest BCUT2D eigenvalue weighted by molar-refractivity contribution is -0.139. The molecule has 9 nitrogen and oxygen atoms in total. The molecule has 4 N–H and O–H groups in total. The molecule has 2 atom stereocenters. The zero-order valence-electron chi connectivity index (χ0n) is 16.1. The van der Waals surface area contributed by atoms with E-state index in [4.69, 9.17) is 9.47 Å². The summed E-state index contributed by atoms with van der Waals surface area (Å²) in [6, 6.07) is -1.08. The Bertz CT molecular complexity index is 793. The van der Waals surface area contributed by atoms with Crippen molar-refractivity contribution in [1.29, 1.82) is 0 Å². The van der Waals surface area contributed by atoms with Crippen LogP contribution in [0.2, 0.25) is 0 Å². The lowest BCUT2D eigenvalue weighted by Crippen LogP contribution is -2.50. The standard InChI is InChI=1S/C18H25N3O6/c1-6-26-16(23)14-10(4)20-18(25)21-12(14)7-27-17(24)15-8(2)13(11(5)22)9(3)19-15/h10-11,19,22H,6-7H2,1-5H3,(H2,20,21,25)/t10-,11-/m0/s1. The van der Waals surface area contributed by atoms with Crippen LogP contribution >= 0.6 is 0 Å². The first-order valence-corrected chi connectivity index (χ1v) is 8.69. The van der Waals surface area contributed by atoms with E-state index in [-0.39, 0.29) is 30.2 Å². The number of hydrogen-bond donors (Lipinski definition) is 4. The van der Waals surface area contributed by atoms with Gasteiger partial charge in [-0.15, -0.1) is 0 Å². The van der Waals surface area contributed by atoms with Crippen molar-refractivity contribution in [3.8, 4) is 0 Å². The minimum atomic E-state index is -0.731. The quantitative estimate of drug-likeness (QED) is 0.552. The Morgan fingerprint density at radius 2 is 1.89 bits per heavy atom. The number of aryl methyl sites for hydroxylation is 1. The van der Waals surface area contributed by atoms with Gasteiger partial charge in [-0.1, -0.05) is 0 Å². The van der Waals surface area contributed by atoms with Crippen molar-refractivity contribution in [3.05, 3.63) is 33.8 Å². The average Bonchev–Trinajstić information content (AvgIpc) is 2.86. The van der Waals surface area contributed by atoms with Crippen LogP contribution in [0.4, 0.5) is 4.79 Å². The number of aromatic amines is 1. The van der Waals surface area contributed by atoms with E-state index in [1.807, 2.05) is 0 Å². The summed E-state index contributed by atoms with van der Waals surface area (Å²) in [6.45, 7) is 8.27. The summed E-state index contributed by atoms with van der Waals surface area (Å²) in [4.78, 5) is 39.3. The van der Waals surface area contributed by atoms with E-state index in [9.17, 15) is 19.5 Å². The van der Waals surface area contributed by atoms with Crippen LogP contribution in [0, 0.1) is 13.8 Å². The lowest BCUT2D eigenvalue weighted by Gasteiger charge is -2.26. The fraction of sp³-hybridized carbons (Fsp3) is 0.500. The number of aliphatic hydroxyl groups excluding tert-OH is 1. The highest BCUT2D eigenvalue weighted by atomic mass is 16.5. The molecule has 1 aromatic rings. The van der Waals surface area contributed by atoms with Crippen molar-refractivity contribution >= 4 is 18.0 Å². The number of carbonyl (C=O) groups is 3. The van der Waals surface area contributed by atoms with Crippen molar-refractivity contribution in [1.82, 2.24) is 15.6 Å². The zero-order chi connectivity index (χ0) is 20.3. The first kappa shape index (κ1) is 20.5. The van der Waals surface area contributed by atoms with Crippen molar-refractivity contribution < 1.29 is 29.0 Å². The second kappa shape index (κ2) is 8.26. The van der Waals surface area contributed by atoms with Gasteiger partial charge in [-0.25, -0.2) is 14.4 Å². The Morgan fingerprint density at radius 3 is 2.44 bits per heavy atom. The second-order valence-corrected chi connectivity index (χ2v) is 6.35. The average molecular weight is 379 g/mol. The summed E-state index contributed by atoms with van der Waals surface area (Å²) in [5.41, 5.74) is 2.50. The predicted molar refractivity (Wildman–Crippen MR) is 96.0 cm³/mol. The molecule has 0 unspecified atom stereocenters. The van der Waals surface area contributed by atoms with E-state index < -0.39 is 30.1 Å². The minimum Gasteiger partial charge on any atom is -0.463 e. The summed E-state index contributed by atoms with van der Waals surface area (Å²) >= 11 is 0. The fourth-order valence-corrected chi connectivity index (χ4v) is 3.20. The number of nitrogens with one attached hydrogen (secondary N) is 3. The number of ether oxygens (including phenoxy) is 2. The molecular formula is C18H25N3O6. The SMILES string of the molecule is CCOC(=O)C1=C(COC(=O)c2[nH]c(C)c([C@H](C)O)c2C)NC(=O)N[C@H]1C. The summed E-state index contributed by atoms with van der Waals surface area (Å²) in [5.74, 6) is -1.24. The van der Waals surface area contributed by atoms with Gasteiger partial charge in [0.25, 0.3) is 0 Å². The highest BCUT2D eigenvalue weighted by Gasteiger charge is 2.30. The summed E-state index contributed by atoms with van der Waals surface area (Å²) < 4.78 is 10.3. The number of hydrogen-bond acceptors (Lipinski definition) is 6. The number of carbonyl (C=O) groups excluding carboxylic acids is 3. The number of esters is 2. The highest BCUT2D eigenvalue weighted by molar-refractivity contribution is 5.95. The summed E-state index contributed by atoms with van der Waals surface area (Å²) in [5, 5.41) is 14.9. The van der Waals surface area contributed by atoms with Crippen LogP contribution in [0.25, 0.3) is 0 Å². The van der Waals surface area contributed by atoms with Gasteiger partial charge >= 0.3 is 18.0 Å². The number of aromatic nitrogens is 1. The third kappa shape index (κ3) is 4.30. The number of amides is 2. The van der Waals surface area contributed by atoms with Crippen molar-refractivity contribution in [2.24, 2.45) is 0 Å². The Kier molecular flexibility index (Phi) is 6.27. The Balaban J connectivity index is 2.23. The molecular weight excluding hydrogens is 354 g/mol. The molecule has 0 bridgehead atoms.